The third kappa shape index (κ3) is 5.36. The topological polar surface area (TPSA) is 69.9 Å². The zero-order chi connectivity index (χ0) is 21.5. The maximum Gasteiger partial charge on any atom is 0.325 e. The summed E-state index contributed by atoms with van der Waals surface area (Å²) in [4.78, 5) is 29.4. The molecule has 30 heavy (non-hydrogen) atoms. The minimum absolute atomic E-state index is 0.00376. The van der Waals surface area contributed by atoms with E-state index < -0.39 is 5.97 Å². The van der Waals surface area contributed by atoms with Crippen LogP contribution in [0.5, 0.6) is 5.75 Å². The van der Waals surface area contributed by atoms with Crippen LogP contribution in [0.1, 0.15) is 42.1 Å². The van der Waals surface area contributed by atoms with Gasteiger partial charge in [0.15, 0.2) is 4.80 Å². The number of rotatable bonds is 8. The summed E-state index contributed by atoms with van der Waals surface area (Å²) in [6.07, 6.45) is 3.29. The fourth-order valence-corrected chi connectivity index (χ4v) is 4.13. The number of nitrogens with zero attached hydrogens (tertiary/aromatic N) is 2. The number of esters is 1. The van der Waals surface area contributed by atoms with Gasteiger partial charge >= 0.3 is 5.97 Å². The number of fused-ring (bicyclic) bond motifs is 1. The van der Waals surface area contributed by atoms with E-state index in [2.05, 4.69) is 11.9 Å². The number of thiazole rings is 1. The van der Waals surface area contributed by atoms with Crippen molar-refractivity contribution in [2.45, 2.75) is 39.7 Å². The van der Waals surface area contributed by atoms with Gasteiger partial charge < -0.3 is 14.0 Å². The van der Waals surface area contributed by atoms with E-state index in [0.717, 1.165) is 40.8 Å². The normalized spacial score (nSPS) is 11.6. The van der Waals surface area contributed by atoms with Crippen LogP contribution in [0, 0.1) is 6.92 Å². The fourth-order valence-electron chi connectivity index (χ4n) is 3.00. The molecule has 0 fully saturated rings. The Morgan fingerprint density at radius 2 is 1.87 bits per heavy atom. The van der Waals surface area contributed by atoms with Crippen LogP contribution in [0.3, 0.4) is 0 Å². The number of aromatic nitrogens is 1. The summed E-state index contributed by atoms with van der Waals surface area (Å²) >= 11 is 1.38. The van der Waals surface area contributed by atoms with E-state index in [1.54, 1.807) is 28.8 Å². The lowest BCUT2D eigenvalue weighted by Crippen LogP contribution is -2.22. The van der Waals surface area contributed by atoms with Crippen LogP contribution in [0.15, 0.2) is 47.5 Å². The molecule has 2 aromatic carbocycles. The van der Waals surface area contributed by atoms with E-state index in [9.17, 15) is 9.59 Å². The molecule has 0 aliphatic rings. The van der Waals surface area contributed by atoms with E-state index in [4.69, 9.17) is 9.47 Å². The number of hydrogen-bond donors (Lipinski definition) is 0. The van der Waals surface area contributed by atoms with Crippen molar-refractivity contribution >= 4 is 33.4 Å². The van der Waals surface area contributed by atoms with Crippen LogP contribution < -0.4 is 9.54 Å². The Hall–Kier alpha value is -2.93. The van der Waals surface area contributed by atoms with Gasteiger partial charge in [-0.15, -0.1) is 0 Å². The number of methoxy groups -OCH3 is 1. The van der Waals surface area contributed by atoms with Crippen LogP contribution in [-0.2, 0) is 16.1 Å². The summed E-state index contributed by atoms with van der Waals surface area (Å²) in [5.74, 6) is -0.0241. The van der Waals surface area contributed by atoms with Gasteiger partial charge in [-0.05, 0) is 55.3 Å². The molecule has 1 amide bonds. The molecule has 0 saturated carbocycles. The monoisotopic (exact) mass is 426 g/mol. The molecule has 0 atom stereocenters. The standard InChI is InChI=1S/C23H26N2O4S/c1-4-5-6-13-29-18-10-8-17(9-11-18)22(27)24-23-25(15-21(26)28-3)19-12-7-16(2)14-20(19)30-23/h7-12,14H,4-6,13,15H2,1-3H3. The third-order valence-electron chi connectivity index (χ3n) is 4.67. The average molecular weight is 427 g/mol. The van der Waals surface area contributed by atoms with Crippen molar-refractivity contribution < 1.29 is 19.1 Å². The molecule has 0 radical (unpaired) electrons. The highest BCUT2D eigenvalue weighted by Crippen LogP contribution is 2.19. The Balaban J connectivity index is 1.87. The molecule has 1 heterocycles. The third-order valence-corrected chi connectivity index (χ3v) is 5.71. The number of hydrogen-bond acceptors (Lipinski definition) is 5. The first-order chi connectivity index (χ1) is 14.5. The van der Waals surface area contributed by atoms with Gasteiger partial charge in [0.2, 0.25) is 0 Å². The first kappa shape index (κ1) is 21.8. The lowest BCUT2D eigenvalue weighted by atomic mass is 10.2. The number of amides is 1. The van der Waals surface area contributed by atoms with E-state index in [1.807, 2.05) is 25.1 Å². The molecule has 6 nitrogen and oxygen atoms in total. The summed E-state index contributed by atoms with van der Waals surface area (Å²) in [6, 6.07) is 12.9. The molecule has 3 rings (SSSR count). The lowest BCUT2D eigenvalue weighted by molar-refractivity contribution is -0.141. The molecule has 0 bridgehead atoms. The molecule has 1 aromatic heterocycles. The van der Waals surface area contributed by atoms with Crippen LogP contribution in [0.4, 0.5) is 0 Å². The van der Waals surface area contributed by atoms with E-state index in [-0.39, 0.29) is 12.5 Å². The number of ether oxygens (including phenoxy) is 2. The maximum atomic E-state index is 12.7. The minimum Gasteiger partial charge on any atom is -0.494 e. The molecule has 0 saturated heterocycles. The van der Waals surface area contributed by atoms with Crippen molar-refractivity contribution in [3.8, 4) is 5.75 Å². The zero-order valence-corrected chi connectivity index (χ0v) is 18.3. The molecule has 0 aliphatic carbocycles. The fraction of sp³-hybridized carbons (Fsp3) is 0.348. The van der Waals surface area contributed by atoms with Crippen LogP contribution in [0.2, 0.25) is 0 Å². The Kier molecular flexibility index (Phi) is 7.41. The number of carbonyl (C=O) groups is 2. The minimum atomic E-state index is -0.395. The zero-order valence-electron chi connectivity index (χ0n) is 17.5. The van der Waals surface area contributed by atoms with Gasteiger partial charge in [0.05, 0.1) is 23.9 Å². The number of benzene rings is 2. The van der Waals surface area contributed by atoms with Gasteiger partial charge in [0, 0.05) is 5.56 Å². The second kappa shape index (κ2) is 10.2. The van der Waals surface area contributed by atoms with E-state index in [1.165, 1.54) is 18.4 Å². The van der Waals surface area contributed by atoms with Gasteiger partial charge in [0.1, 0.15) is 12.3 Å². The van der Waals surface area contributed by atoms with E-state index >= 15 is 0 Å². The summed E-state index contributed by atoms with van der Waals surface area (Å²) < 4.78 is 13.2. The molecule has 0 aliphatic heterocycles. The molecular formula is C23H26N2O4S. The smallest absolute Gasteiger partial charge is 0.325 e. The van der Waals surface area contributed by atoms with Crippen LogP contribution in [-0.4, -0.2) is 30.2 Å². The van der Waals surface area contributed by atoms with E-state index in [0.29, 0.717) is 17.0 Å². The molecule has 158 valence electrons. The van der Waals surface area contributed by atoms with Gasteiger partial charge in [-0.25, -0.2) is 0 Å². The highest BCUT2D eigenvalue weighted by molar-refractivity contribution is 7.16. The van der Waals surface area contributed by atoms with Crippen molar-refractivity contribution in [3.05, 3.63) is 58.4 Å². The molecule has 0 spiro atoms. The molecule has 0 unspecified atom stereocenters. The van der Waals surface area contributed by atoms with Crippen molar-refractivity contribution in [3.63, 3.8) is 0 Å². The maximum absolute atomic E-state index is 12.7. The number of unbranched alkanes of at least 4 members (excludes halogenated alkanes) is 2. The highest BCUT2D eigenvalue weighted by Gasteiger charge is 2.13. The second-order valence-corrected chi connectivity index (χ2v) is 8.02. The van der Waals surface area contributed by atoms with Crippen LogP contribution in [0.25, 0.3) is 10.2 Å². The molecule has 7 heteroatoms. The van der Waals surface area contributed by atoms with Gasteiger partial charge in [-0.2, -0.15) is 4.99 Å². The first-order valence-electron chi connectivity index (χ1n) is 10.0. The van der Waals surface area contributed by atoms with Crippen molar-refractivity contribution in [1.82, 2.24) is 4.57 Å². The van der Waals surface area contributed by atoms with Crippen molar-refractivity contribution in [1.29, 1.82) is 0 Å². The largest absolute Gasteiger partial charge is 0.494 e. The summed E-state index contributed by atoms with van der Waals surface area (Å²) in [5.41, 5.74) is 2.41. The molecular weight excluding hydrogens is 400 g/mol. The molecule has 0 N–H and O–H groups in total. The van der Waals surface area contributed by atoms with Crippen molar-refractivity contribution in [2.75, 3.05) is 13.7 Å². The number of aryl methyl sites for hydroxylation is 1. The van der Waals surface area contributed by atoms with Gasteiger partial charge in [-0.3, -0.25) is 9.59 Å². The highest BCUT2D eigenvalue weighted by atomic mass is 32.1. The van der Waals surface area contributed by atoms with Crippen LogP contribution >= 0.6 is 11.3 Å². The van der Waals surface area contributed by atoms with Crippen molar-refractivity contribution in [2.24, 2.45) is 4.99 Å². The Morgan fingerprint density at radius 3 is 2.57 bits per heavy atom. The predicted molar refractivity (Wildman–Crippen MR) is 118 cm³/mol. The Labute approximate surface area is 179 Å². The quantitative estimate of drug-likeness (QED) is 0.393. The summed E-state index contributed by atoms with van der Waals surface area (Å²) in [7, 11) is 1.34. The summed E-state index contributed by atoms with van der Waals surface area (Å²) in [5, 5.41) is 0. The Bertz CT molecular complexity index is 1100. The average Bonchev–Trinajstić information content (AvgIpc) is 3.07. The Morgan fingerprint density at radius 1 is 1.10 bits per heavy atom. The SMILES string of the molecule is CCCCCOc1ccc(C(=O)N=c2sc3cc(C)ccc3n2CC(=O)OC)cc1. The lowest BCUT2D eigenvalue weighted by Gasteiger charge is -2.06. The van der Waals surface area contributed by atoms with Gasteiger partial charge in [0.25, 0.3) is 5.91 Å². The molecule has 3 aromatic rings. The number of carbonyl (C=O) groups excluding carboxylic acids is 2. The van der Waals surface area contributed by atoms with Gasteiger partial charge in [-0.1, -0.05) is 37.2 Å². The summed E-state index contributed by atoms with van der Waals surface area (Å²) in [6.45, 7) is 4.81. The first-order valence-corrected chi connectivity index (χ1v) is 10.8. The second-order valence-electron chi connectivity index (χ2n) is 7.01. The predicted octanol–water partition coefficient (Wildman–Crippen LogP) is 4.49.